The highest BCUT2D eigenvalue weighted by Gasteiger charge is 2.05. The lowest BCUT2D eigenvalue weighted by atomic mass is 10.2. The van der Waals surface area contributed by atoms with Crippen molar-refractivity contribution in [1.82, 2.24) is 4.90 Å². The molecule has 2 aromatic rings. The SMILES string of the molecule is CN(CCOc1ccccc1C#N)Cc1csc(Br)c1. The maximum Gasteiger partial charge on any atom is 0.137 e. The molecule has 1 aromatic heterocycles. The number of nitrogens with zero attached hydrogens (tertiary/aromatic N) is 2. The van der Waals surface area contributed by atoms with Gasteiger partial charge < -0.3 is 4.74 Å². The fourth-order valence-corrected chi connectivity index (χ4v) is 3.02. The molecule has 0 atom stereocenters. The molecule has 0 spiro atoms. The molecule has 0 amide bonds. The molecule has 0 saturated heterocycles. The Morgan fingerprint density at radius 1 is 1.40 bits per heavy atom. The van der Waals surface area contributed by atoms with Crippen LogP contribution in [0.4, 0.5) is 0 Å². The second-order valence-electron chi connectivity index (χ2n) is 4.45. The topological polar surface area (TPSA) is 36.3 Å². The quantitative estimate of drug-likeness (QED) is 0.792. The molecule has 0 aliphatic carbocycles. The van der Waals surface area contributed by atoms with Crippen molar-refractivity contribution in [1.29, 1.82) is 5.26 Å². The van der Waals surface area contributed by atoms with Gasteiger partial charge in [0.25, 0.3) is 0 Å². The summed E-state index contributed by atoms with van der Waals surface area (Å²) in [5.41, 5.74) is 1.87. The van der Waals surface area contributed by atoms with E-state index in [0.717, 1.165) is 16.9 Å². The molecule has 0 bridgehead atoms. The molecule has 1 aromatic carbocycles. The van der Waals surface area contributed by atoms with Crippen molar-refractivity contribution in [2.75, 3.05) is 20.2 Å². The standard InChI is InChI=1S/C15H15BrN2OS/c1-18(10-12-8-15(16)20-11-12)6-7-19-14-5-3-2-4-13(14)9-17/h2-5,8,11H,6-7,10H2,1H3. The first kappa shape index (κ1) is 15.0. The Bertz CT molecular complexity index is 606. The predicted molar refractivity (Wildman–Crippen MR) is 85.0 cm³/mol. The zero-order chi connectivity index (χ0) is 14.4. The average molecular weight is 351 g/mol. The van der Waals surface area contributed by atoms with E-state index >= 15 is 0 Å². The summed E-state index contributed by atoms with van der Waals surface area (Å²) >= 11 is 5.16. The number of hydrogen-bond donors (Lipinski definition) is 0. The average Bonchev–Trinajstić information content (AvgIpc) is 2.84. The molecule has 20 heavy (non-hydrogen) atoms. The van der Waals surface area contributed by atoms with Gasteiger partial charge in [0.15, 0.2) is 0 Å². The minimum atomic E-state index is 0.570. The summed E-state index contributed by atoms with van der Waals surface area (Å²) < 4.78 is 6.82. The third kappa shape index (κ3) is 4.34. The number of thiophene rings is 1. The number of hydrogen-bond acceptors (Lipinski definition) is 4. The van der Waals surface area contributed by atoms with E-state index in [-0.39, 0.29) is 0 Å². The van der Waals surface area contributed by atoms with E-state index in [0.29, 0.717) is 17.9 Å². The first-order valence-electron chi connectivity index (χ1n) is 6.22. The summed E-state index contributed by atoms with van der Waals surface area (Å²) in [5.74, 6) is 0.654. The molecule has 104 valence electrons. The van der Waals surface area contributed by atoms with E-state index < -0.39 is 0 Å². The third-order valence-corrected chi connectivity index (χ3v) is 4.37. The second-order valence-corrected chi connectivity index (χ2v) is 6.74. The van der Waals surface area contributed by atoms with E-state index in [1.54, 1.807) is 17.4 Å². The molecule has 1 heterocycles. The van der Waals surface area contributed by atoms with Crippen LogP contribution in [0.25, 0.3) is 0 Å². The van der Waals surface area contributed by atoms with Crippen molar-refractivity contribution in [3.05, 3.63) is 50.6 Å². The zero-order valence-corrected chi connectivity index (χ0v) is 13.6. The highest BCUT2D eigenvalue weighted by molar-refractivity contribution is 9.11. The molecular formula is C15H15BrN2OS. The maximum absolute atomic E-state index is 8.98. The van der Waals surface area contributed by atoms with Crippen molar-refractivity contribution in [3.8, 4) is 11.8 Å². The molecule has 0 aliphatic heterocycles. The van der Waals surface area contributed by atoms with Gasteiger partial charge in [0.05, 0.1) is 9.35 Å². The molecule has 0 saturated carbocycles. The molecular weight excluding hydrogens is 336 g/mol. The highest BCUT2D eigenvalue weighted by Crippen LogP contribution is 2.21. The van der Waals surface area contributed by atoms with E-state index in [9.17, 15) is 0 Å². The molecule has 3 nitrogen and oxygen atoms in total. The fourth-order valence-electron chi connectivity index (χ4n) is 1.82. The number of halogens is 1. The molecule has 0 aliphatic rings. The van der Waals surface area contributed by atoms with E-state index in [1.807, 2.05) is 18.2 Å². The lowest BCUT2D eigenvalue weighted by Crippen LogP contribution is -2.23. The van der Waals surface area contributed by atoms with Gasteiger partial charge in [-0.2, -0.15) is 5.26 Å². The Labute approximate surface area is 131 Å². The maximum atomic E-state index is 8.98. The molecule has 0 radical (unpaired) electrons. The van der Waals surface area contributed by atoms with Crippen LogP contribution in [-0.4, -0.2) is 25.1 Å². The summed E-state index contributed by atoms with van der Waals surface area (Å²) in [4.78, 5) is 2.20. The summed E-state index contributed by atoms with van der Waals surface area (Å²) in [5, 5.41) is 11.1. The van der Waals surface area contributed by atoms with Gasteiger partial charge in [0.2, 0.25) is 0 Å². The molecule has 0 fully saturated rings. The van der Waals surface area contributed by atoms with Gasteiger partial charge >= 0.3 is 0 Å². The number of nitriles is 1. The number of benzene rings is 1. The first-order valence-corrected chi connectivity index (χ1v) is 7.89. The van der Waals surface area contributed by atoms with Crippen LogP contribution in [0.1, 0.15) is 11.1 Å². The minimum Gasteiger partial charge on any atom is -0.491 e. The van der Waals surface area contributed by atoms with Crippen LogP contribution in [0, 0.1) is 11.3 Å². The Kier molecular flexibility index (Phi) is 5.60. The van der Waals surface area contributed by atoms with Crippen LogP contribution < -0.4 is 4.74 Å². The summed E-state index contributed by atoms with van der Waals surface area (Å²) in [6, 6.07) is 11.6. The normalized spacial score (nSPS) is 10.5. The second kappa shape index (κ2) is 7.44. The Balaban J connectivity index is 1.79. The van der Waals surface area contributed by atoms with Crippen LogP contribution in [0.5, 0.6) is 5.75 Å². The lowest BCUT2D eigenvalue weighted by molar-refractivity contribution is 0.232. The monoisotopic (exact) mass is 350 g/mol. The van der Waals surface area contributed by atoms with E-state index in [4.69, 9.17) is 10.00 Å². The van der Waals surface area contributed by atoms with Crippen molar-refractivity contribution < 1.29 is 4.74 Å². The van der Waals surface area contributed by atoms with Crippen molar-refractivity contribution >= 4 is 27.3 Å². The summed E-state index contributed by atoms with van der Waals surface area (Å²) in [7, 11) is 2.06. The zero-order valence-electron chi connectivity index (χ0n) is 11.2. The first-order chi connectivity index (χ1) is 9.69. The summed E-state index contributed by atoms with van der Waals surface area (Å²) in [6.07, 6.45) is 0. The van der Waals surface area contributed by atoms with Crippen molar-refractivity contribution in [2.45, 2.75) is 6.54 Å². The van der Waals surface area contributed by atoms with Gasteiger partial charge in [0, 0.05) is 13.1 Å². The van der Waals surface area contributed by atoms with Gasteiger partial charge in [-0.25, -0.2) is 0 Å². The van der Waals surface area contributed by atoms with Gasteiger partial charge in [-0.1, -0.05) is 12.1 Å². The Morgan fingerprint density at radius 3 is 2.90 bits per heavy atom. The van der Waals surface area contributed by atoms with Gasteiger partial charge in [0.1, 0.15) is 18.4 Å². The molecule has 0 N–H and O–H groups in total. The van der Waals surface area contributed by atoms with Gasteiger partial charge in [-0.15, -0.1) is 11.3 Å². The van der Waals surface area contributed by atoms with E-state index in [1.165, 1.54) is 5.56 Å². The van der Waals surface area contributed by atoms with Crippen molar-refractivity contribution in [3.63, 3.8) is 0 Å². The minimum absolute atomic E-state index is 0.570. The predicted octanol–water partition coefficient (Wildman–Crippen LogP) is 3.89. The van der Waals surface area contributed by atoms with Crippen LogP contribution in [-0.2, 0) is 6.54 Å². The largest absolute Gasteiger partial charge is 0.491 e. The highest BCUT2D eigenvalue weighted by atomic mass is 79.9. The lowest BCUT2D eigenvalue weighted by Gasteiger charge is -2.16. The number of rotatable bonds is 6. The molecule has 0 unspecified atom stereocenters. The van der Waals surface area contributed by atoms with Crippen LogP contribution in [0.15, 0.2) is 39.5 Å². The smallest absolute Gasteiger partial charge is 0.137 e. The third-order valence-electron chi connectivity index (χ3n) is 2.81. The van der Waals surface area contributed by atoms with Crippen LogP contribution in [0.3, 0.4) is 0 Å². The van der Waals surface area contributed by atoms with Crippen LogP contribution in [0.2, 0.25) is 0 Å². The number of ether oxygens (including phenoxy) is 1. The number of para-hydroxylation sites is 1. The fraction of sp³-hybridized carbons (Fsp3) is 0.267. The molecule has 2 rings (SSSR count). The Hall–Kier alpha value is -1.35. The molecule has 5 heteroatoms. The van der Waals surface area contributed by atoms with Gasteiger partial charge in [-0.3, -0.25) is 4.90 Å². The summed E-state index contributed by atoms with van der Waals surface area (Å²) in [6.45, 7) is 2.28. The van der Waals surface area contributed by atoms with E-state index in [2.05, 4.69) is 45.4 Å². The van der Waals surface area contributed by atoms with Crippen molar-refractivity contribution in [2.24, 2.45) is 0 Å². The van der Waals surface area contributed by atoms with Crippen LogP contribution >= 0.6 is 27.3 Å². The Morgan fingerprint density at radius 2 is 2.20 bits per heavy atom. The number of likely N-dealkylation sites (N-methyl/N-ethyl adjacent to an activating group) is 1. The van der Waals surface area contributed by atoms with Gasteiger partial charge in [-0.05, 0) is 52.1 Å².